The molecule has 0 unspecified atom stereocenters. The average molecular weight is 432 g/mol. The van der Waals surface area contributed by atoms with Crippen LogP contribution < -0.4 is 10.1 Å². The lowest BCUT2D eigenvalue weighted by atomic mass is 10.1. The van der Waals surface area contributed by atoms with Gasteiger partial charge in [0.15, 0.2) is 11.5 Å². The van der Waals surface area contributed by atoms with E-state index in [1.807, 2.05) is 0 Å². The van der Waals surface area contributed by atoms with Crippen LogP contribution in [0.15, 0.2) is 63.5 Å². The molecule has 27 heavy (non-hydrogen) atoms. The maximum atomic E-state index is 13.8. The SMILES string of the molecule is CC(=O)c1ccc(OCc2ccc(C(=O)Nc3ccc(Br)cc3F)o2)cc1. The van der Waals surface area contributed by atoms with Gasteiger partial charge < -0.3 is 14.5 Å². The van der Waals surface area contributed by atoms with Crippen LogP contribution in [0, 0.1) is 5.82 Å². The number of halogens is 2. The monoisotopic (exact) mass is 431 g/mol. The van der Waals surface area contributed by atoms with Crippen molar-refractivity contribution < 1.29 is 23.1 Å². The molecule has 3 aromatic rings. The highest BCUT2D eigenvalue weighted by molar-refractivity contribution is 9.10. The van der Waals surface area contributed by atoms with E-state index in [1.165, 1.54) is 25.1 Å². The third kappa shape index (κ3) is 4.83. The summed E-state index contributed by atoms with van der Waals surface area (Å²) in [5.41, 5.74) is 0.655. The summed E-state index contributed by atoms with van der Waals surface area (Å²) < 4.78 is 25.4. The van der Waals surface area contributed by atoms with Crippen molar-refractivity contribution in [3.05, 3.63) is 82.0 Å². The zero-order valence-electron chi connectivity index (χ0n) is 14.3. The van der Waals surface area contributed by atoms with E-state index in [1.54, 1.807) is 36.4 Å². The van der Waals surface area contributed by atoms with Gasteiger partial charge >= 0.3 is 0 Å². The Labute approximate surface area is 163 Å². The molecule has 0 aliphatic carbocycles. The van der Waals surface area contributed by atoms with E-state index >= 15 is 0 Å². The fraction of sp³-hybridized carbons (Fsp3) is 0.100. The molecule has 0 fully saturated rings. The Kier molecular flexibility index (Phi) is 5.71. The number of carbonyl (C=O) groups excluding carboxylic acids is 2. The van der Waals surface area contributed by atoms with Crippen LogP contribution in [0.2, 0.25) is 0 Å². The molecule has 0 atom stereocenters. The summed E-state index contributed by atoms with van der Waals surface area (Å²) >= 11 is 3.16. The Balaban J connectivity index is 1.60. The van der Waals surface area contributed by atoms with Gasteiger partial charge in [-0.05, 0) is 61.5 Å². The van der Waals surface area contributed by atoms with Gasteiger partial charge in [-0.2, -0.15) is 0 Å². The van der Waals surface area contributed by atoms with E-state index < -0.39 is 11.7 Å². The number of hydrogen-bond acceptors (Lipinski definition) is 4. The molecule has 0 saturated carbocycles. The van der Waals surface area contributed by atoms with Crippen molar-refractivity contribution in [1.29, 1.82) is 0 Å². The highest BCUT2D eigenvalue weighted by Gasteiger charge is 2.14. The first kappa shape index (κ1) is 18.8. The highest BCUT2D eigenvalue weighted by Crippen LogP contribution is 2.21. The number of nitrogens with one attached hydrogen (secondary N) is 1. The van der Waals surface area contributed by atoms with Gasteiger partial charge in [0.1, 0.15) is 23.9 Å². The molecule has 7 heteroatoms. The molecule has 0 bridgehead atoms. The fourth-order valence-electron chi connectivity index (χ4n) is 2.29. The second kappa shape index (κ2) is 8.18. The van der Waals surface area contributed by atoms with Gasteiger partial charge in [0.25, 0.3) is 5.91 Å². The zero-order valence-corrected chi connectivity index (χ0v) is 15.9. The van der Waals surface area contributed by atoms with E-state index in [0.717, 1.165) is 0 Å². The normalized spacial score (nSPS) is 10.5. The number of benzene rings is 2. The minimum atomic E-state index is -0.562. The number of ether oxygens (including phenoxy) is 1. The molecule has 0 spiro atoms. The van der Waals surface area contributed by atoms with Gasteiger partial charge in [-0.15, -0.1) is 0 Å². The minimum absolute atomic E-state index is 0.0227. The van der Waals surface area contributed by atoms with Gasteiger partial charge in [-0.1, -0.05) is 15.9 Å². The van der Waals surface area contributed by atoms with Crippen LogP contribution in [0.4, 0.5) is 10.1 Å². The fourth-order valence-corrected chi connectivity index (χ4v) is 2.63. The first-order valence-corrected chi connectivity index (χ1v) is 8.80. The topological polar surface area (TPSA) is 68.5 Å². The van der Waals surface area contributed by atoms with Crippen molar-refractivity contribution in [2.24, 2.45) is 0 Å². The van der Waals surface area contributed by atoms with Crippen LogP contribution in [-0.4, -0.2) is 11.7 Å². The molecular formula is C20H15BrFNO4. The lowest BCUT2D eigenvalue weighted by Gasteiger charge is -2.06. The lowest BCUT2D eigenvalue weighted by Crippen LogP contribution is -2.12. The van der Waals surface area contributed by atoms with Crippen molar-refractivity contribution in [1.82, 2.24) is 0 Å². The standard InChI is InChI=1S/C20H15BrFNO4/c1-12(24)13-2-5-15(6-3-13)26-11-16-7-9-19(27-16)20(25)23-18-8-4-14(21)10-17(18)22/h2-10H,11H2,1H3,(H,23,25). The predicted octanol–water partition coefficient (Wildman–Crippen LogP) is 5.22. The average Bonchev–Trinajstić information content (AvgIpc) is 3.12. The molecule has 1 amide bonds. The molecule has 138 valence electrons. The van der Waals surface area contributed by atoms with Crippen LogP contribution >= 0.6 is 15.9 Å². The van der Waals surface area contributed by atoms with E-state index in [9.17, 15) is 14.0 Å². The summed E-state index contributed by atoms with van der Waals surface area (Å²) in [6.45, 7) is 1.60. The molecule has 1 heterocycles. The largest absolute Gasteiger partial charge is 0.486 e. The molecule has 0 aliphatic heterocycles. The second-order valence-electron chi connectivity index (χ2n) is 5.71. The molecule has 5 nitrogen and oxygen atoms in total. The Morgan fingerprint density at radius 2 is 1.85 bits per heavy atom. The maximum absolute atomic E-state index is 13.8. The minimum Gasteiger partial charge on any atom is -0.486 e. The maximum Gasteiger partial charge on any atom is 0.291 e. The van der Waals surface area contributed by atoms with Crippen LogP contribution in [0.5, 0.6) is 5.75 Å². The number of ketones is 1. The second-order valence-corrected chi connectivity index (χ2v) is 6.63. The predicted molar refractivity (Wildman–Crippen MR) is 102 cm³/mol. The van der Waals surface area contributed by atoms with Gasteiger partial charge in [-0.3, -0.25) is 9.59 Å². The zero-order chi connectivity index (χ0) is 19.4. The van der Waals surface area contributed by atoms with Crippen LogP contribution in [0.1, 0.15) is 33.6 Å². The van der Waals surface area contributed by atoms with Crippen LogP contribution in [0.25, 0.3) is 0 Å². The number of rotatable bonds is 6. The summed E-state index contributed by atoms with van der Waals surface area (Å²) in [7, 11) is 0. The number of Topliss-reactive ketones (excluding diaryl/α,β-unsaturated/α-hetero) is 1. The van der Waals surface area contributed by atoms with Crippen molar-refractivity contribution in [3.63, 3.8) is 0 Å². The Bertz CT molecular complexity index is 982. The molecule has 0 saturated heterocycles. The Hall–Kier alpha value is -2.93. The number of carbonyl (C=O) groups is 2. The van der Waals surface area contributed by atoms with Crippen LogP contribution in [-0.2, 0) is 6.61 Å². The highest BCUT2D eigenvalue weighted by atomic mass is 79.9. The lowest BCUT2D eigenvalue weighted by molar-refractivity contribution is 0.0990. The summed E-state index contributed by atoms with van der Waals surface area (Å²) in [4.78, 5) is 23.4. The third-order valence-corrected chi connectivity index (χ3v) is 4.20. The molecule has 2 aromatic carbocycles. The molecule has 0 aliphatic rings. The van der Waals surface area contributed by atoms with Gasteiger partial charge in [0, 0.05) is 10.0 Å². The van der Waals surface area contributed by atoms with E-state index in [-0.39, 0.29) is 23.8 Å². The number of amides is 1. The molecule has 1 aromatic heterocycles. The van der Waals surface area contributed by atoms with Crippen molar-refractivity contribution in [3.8, 4) is 5.75 Å². The molecular weight excluding hydrogens is 417 g/mol. The van der Waals surface area contributed by atoms with Gasteiger partial charge in [0.2, 0.25) is 0 Å². The van der Waals surface area contributed by atoms with E-state index in [2.05, 4.69) is 21.2 Å². The van der Waals surface area contributed by atoms with Crippen molar-refractivity contribution in [2.45, 2.75) is 13.5 Å². The Morgan fingerprint density at radius 1 is 1.11 bits per heavy atom. The first-order chi connectivity index (χ1) is 12.9. The summed E-state index contributed by atoms with van der Waals surface area (Å²) in [6, 6.07) is 14.1. The number of anilines is 1. The summed E-state index contributed by atoms with van der Waals surface area (Å²) in [5, 5.41) is 2.46. The van der Waals surface area contributed by atoms with Gasteiger partial charge in [0.05, 0.1) is 5.69 Å². The third-order valence-electron chi connectivity index (χ3n) is 3.71. The summed E-state index contributed by atoms with van der Waals surface area (Å²) in [6.07, 6.45) is 0. The molecule has 3 rings (SSSR count). The number of furan rings is 1. The first-order valence-electron chi connectivity index (χ1n) is 8.01. The van der Waals surface area contributed by atoms with E-state index in [0.29, 0.717) is 21.5 Å². The van der Waals surface area contributed by atoms with Gasteiger partial charge in [-0.25, -0.2) is 4.39 Å². The van der Waals surface area contributed by atoms with Crippen molar-refractivity contribution >= 4 is 33.3 Å². The Morgan fingerprint density at radius 3 is 2.52 bits per heavy atom. The smallest absolute Gasteiger partial charge is 0.291 e. The molecule has 0 radical (unpaired) electrons. The van der Waals surface area contributed by atoms with E-state index in [4.69, 9.17) is 9.15 Å². The quantitative estimate of drug-likeness (QED) is 0.543. The molecule has 1 N–H and O–H groups in total. The summed E-state index contributed by atoms with van der Waals surface area (Å²) in [5.74, 6) is -0.0881. The van der Waals surface area contributed by atoms with Crippen molar-refractivity contribution in [2.75, 3.05) is 5.32 Å². The van der Waals surface area contributed by atoms with Crippen LogP contribution in [0.3, 0.4) is 0 Å². The number of hydrogen-bond donors (Lipinski definition) is 1.